The van der Waals surface area contributed by atoms with Crippen molar-refractivity contribution >= 4 is 52.7 Å². The molecule has 7 atom stereocenters. The van der Waals surface area contributed by atoms with Gasteiger partial charge in [0.05, 0.1) is 28.8 Å². The first-order valence-electron chi connectivity index (χ1n) is 19.0. The van der Waals surface area contributed by atoms with Crippen LogP contribution in [-0.2, 0) is 19.2 Å². The standard InChI is InChI=1S/C44H52N2O12S/c1-22-12-10-8-9-11-13-34(51)46-37-41(55)30-19-27(6)40(54)36(35(30)42(56)43(37)59-21-31(44(57)58)45-28(7)47)39(53)26(5)18-25(4)38(52)24(3)15-17-29(48)16-14-23(2)33(50)20-32(22)49/h8-15,17-19,22,24-25,29,31-32,38,48-49,52,54H,16,20-21H2,1-7H3,(H,45,47)(H,46,51)(H,57,58)/b9-8-,12-10-,13-11?,17-15-,23-14-,26-18?. The van der Waals surface area contributed by atoms with Crippen molar-refractivity contribution in [3.63, 3.8) is 0 Å². The third-order valence-corrected chi connectivity index (χ3v) is 11.0. The second kappa shape index (κ2) is 21.5. The largest absolute Gasteiger partial charge is 0.507 e. The van der Waals surface area contributed by atoms with E-state index in [0.717, 1.165) is 13.0 Å². The number of aliphatic hydroxyl groups is 3. The van der Waals surface area contributed by atoms with Gasteiger partial charge in [0, 0.05) is 54.1 Å². The average molecular weight is 833 g/mol. The van der Waals surface area contributed by atoms with Gasteiger partial charge in [-0.15, -0.1) is 11.8 Å². The molecule has 7 N–H and O–H groups in total. The van der Waals surface area contributed by atoms with E-state index in [1.54, 1.807) is 58.1 Å². The molecule has 0 aromatic heterocycles. The first-order chi connectivity index (χ1) is 27.7. The molecule has 0 radical (unpaired) electrons. The van der Waals surface area contributed by atoms with Crippen molar-refractivity contribution in [1.29, 1.82) is 0 Å². The molecule has 14 nitrogen and oxygen atoms in total. The fourth-order valence-corrected chi connectivity index (χ4v) is 7.32. The molecule has 2 heterocycles. The van der Waals surface area contributed by atoms with Crippen LogP contribution in [0.2, 0.25) is 0 Å². The number of Topliss-reactive ketones (excluding diaryl/α,β-unsaturated/α-hetero) is 4. The minimum absolute atomic E-state index is 0.00628. The van der Waals surface area contributed by atoms with Crippen molar-refractivity contribution in [2.75, 3.05) is 5.75 Å². The summed E-state index contributed by atoms with van der Waals surface area (Å²) in [5.41, 5.74) is -1.35. The van der Waals surface area contributed by atoms with E-state index in [2.05, 4.69) is 10.6 Å². The fourth-order valence-electron chi connectivity index (χ4n) is 6.24. The number of hydrogen-bond donors (Lipinski definition) is 7. The molecule has 0 saturated carbocycles. The number of phenolic OH excluding ortho intramolecular Hbond substituents is 1. The Labute approximate surface area is 347 Å². The highest BCUT2D eigenvalue weighted by Gasteiger charge is 2.39. The highest BCUT2D eigenvalue weighted by atomic mass is 32.2. The quantitative estimate of drug-likeness (QED) is 0.204. The van der Waals surface area contributed by atoms with E-state index < -0.39 is 110 Å². The number of ketones is 4. The molecule has 0 saturated heterocycles. The van der Waals surface area contributed by atoms with Gasteiger partial charge in [0.25, 0.3) is 0 Å². The van der Waals surface area contributed by atoms with E-state index in [0.29, 0.717) is 17.3 Å². The van der Waals surface area contributed by atoms with Crippen molar-refractivity contribution < 1.29 is 59.1 Å². The molecule has 59 heavy (non-hydrogen) atoms. The number of aliphatic carboxylic acids is 1. The Morgan fingerprint density at radius 1 is 0.847 bits per heavy atom. The van der Waals surface area contributed by atoms with Crippen LogP contribution in [0.15, 0.2) is 88.6 Å². The number of amides is 2. The molecule has 0 fully saturated rings. The number of benzene rings is 1. The molecule has 316 valence electrons. The Morgan fingerprint density at radius 3 is 2.15 bits per heavy atom. The lowest BCUT2D eigenvalue weighted by atomic mass is 9.83. The van der Waals surface area contributed by atoms with E-state index in [4.69, 9.17) is 0 Å². The van der Waals surface area contributed by atoms with E-state index in [9.17, 15) is 59.1 Å². The minimum atomic E-state index is -1.52. The van der Waals surface area contributed by atoms with Crippen molar-refractivity contribution in [2.45, 2.75) is 85.7 Å². The maximum Gasteiger partial charge on any atom is 0.327 e. The van der Waals surface area contributed by atoms with Crippen LogP contribution in [0.1, 0.15) is 91.0 Å². The number of carboxylic acids is 1. The lowest BCUT2D eigenvalue weighted by molar-refractivity contribution is -0.140. The zero-order valence-corrected chi connectivity index (χ0v) is 34.8. The number of thioether (sulfide) groups is 1. The highest BCUT2D eigenvalue weighted by Crippen LogP contribution is 2.40. The number of phenols is 1. The maximum absolute atomic E-state index is 14.4. The monoisotopic (exact) mass is 832 g/mol. The van der Waals surface area contributed by atoms with Gasteiger partial charge in [0.15, 0.2) is 11.6 Å². The second-order valence-corrected chi connectivity index (χ2v) is 15.8. The normalized spacial score (nSPS) is 27.3. The molecule has 1 aromatic carbocycles. The average Bonchev–Trinajstić information content (AvgIpc) is 3.17. The number of carbonyl (C=O) groups is 7. The summed E-state index contributed by atoms with van der Waals surface area (Å²) in [5.74, 6) is -8.71. The Morgan fingerprint density at radius 2 is 1.51 bits per heavy atom. The number of hydrogen-bond acceptors (Lipinski definition) is 12. The van der Waals surface area contributed by atoms with E-state index in [1.807, 2.05) is 0 Å². The summed E-state index contributed by atoms with van der Waals surface area (Å²) in [6, 6.07) is -0.315. The summed E-state index contributed by atoms with van der Waals surface area (Å²) in [7, 11) is 0. The molecule has 2 amide bonds. The Hall–Kier alpha value is -5.48. The van der Waals surface area contributed by atoms with Crippen LogP contribution in [0.25, 0.3) is 0 Å². The lowest BCUT2D eigenvalue weighted by Crippen LogP contribution is -2.42. The molecule has 7 unspecified atom stereocenters. The number of allylic oxidation sites excluding steroid dienone is 8. The van der Waals surface area contributed by atoms with Gasteiger partial charge in [-0.1, -0.05) is 75.5 Å². The number of carbonyl (C=O) groups excluding carboxylic acids is 6. The summed E-state index contributed by atoms with van der Waals surface area (Å²) < 4.78 is 0. The van der Waals surface area contributed by atoms with Gasteiger partial charge in [-0.2, -0.15) is 0 Å². The molecule has 4 rings (SSSR count). The Balaban J connectivity index is 2.19. The lowest BCUT2D eigenvalue weighted by Gasteiger charge is -2.25. The van der Waals surface area contributed by atoms with Crippen LogP contribution in [-0.4, -0.2) is 96.6 Å². The zero-order valence-electron chi connectivity index (χ0n) is 34.0. The summed E-state index contributed by atoms with van der Waals surface area (Å²) in [4.78, 5) is 92.0. The van der Waals surface area contributed by atoms with Gasteiger partial charge in [0.2, 0.25) is 23.4 Å². The molecular weight excluding hydrogens is 781 g/mol. The topological polar surface area (TPSA) is 245 Å². The molecule has 3 aliphatic rings. The van der Waals surface area contributed by atoms with Crippen LogP contribution in [0.3, 0.4) is 0 Å². The highest BCUT2D eigenvalue weighted by molar-refractivity contribution is 8.04. The Kier molecular flexibility index (Phi) is 17.5. The minimum Gasteiger partial charge on any atom is -0.507 e. The summed E-state index contributed by atoms with van der Waals surface area (Å²) in [6.45, 7) is 10.6. The van der Waals surface area contributed by atoms with Crippen molar-refractivity contribution in [3.05, 3.63) is 111 Å². The molecule has 15 heteroatoms. The van der Waals surface area contributed by atoms with Crippen LogP contribution in [0.5, 0.6) is 5.75 Å². The zero-order chi connectivity index (χ0) is 44.3. The molecule has 4 bridgehead atoms. The fraction of sp³-hybridized carbons (Fsp3) is 0.386. The number of aromatic hydroxyl groups is 1. The van der Waals surface area contributed by atoms with Crippen LogP contribution < -0.4 is 10.6 Å². The predicted molar refractivity (Wildman–Crippen MR) is 223 cm³/mol. The van der Waals surface area contributed by atoms with Crippen molar-refractivity contribution in [1.82, 2.24) is 10.6 Å². The predicted octanol–water partition coefficient (Wildman–Crippen LogP) is 4.38. The number of aryl methyl sites for hydroxylation is 1. The molecule has 0 spiro atoms. The number of carboxylic acid groups (broad SMARTS) is 1. The van der Waals surface area contributed by atoms with Gasteiger partial charge in [-0.3, -0.25) is 28.8 Å². The van der Waals surface area contributed by atoms with Crippen LogP contribution in [0.4, 0.5) is 0 Å². The number of aliphatic hydroxyl groups excluding tert-OH is 3. The Bertz CT molecular complexity index is 2090. The van der Waals surface area contributed by atoms with E-state index in [1.165, 1.54) is 44.2 Å². The molecular formula is C44H52N2O12S. The summed E-state index contributed by atoms with van der Waals surface area (Å²) >= 11 is 0.556. The first kappa shape index (κ1) is 47.9. The molecule has 1 aromatic rings. The van der Waals surface area contributed by atoms with Crippen LogP contribution >= 0.6 is 11.8 Å². The van der Waals surface area contributed by atoms with Gasteiger partial charge in [0.1, 0.15) is 17.5 Å². The molecule has 2 aliphatic heterocycles. The third kappa shape index (κ3) is 12.8. The van der Waals surface area contributed by atoms with Crippen LogP contribution in [0, 0.1) is 24.7 Å². The van der Waals surface area contributed by atoms with Gasteiger partial charge >= 0.3 is 5.97 Å². The second-order valence-electron chi connectivity index (χ2n) is 14.7. The summed E-state index contributed by atoms with van der Waals surface area (Å²) in [6.07, 6.45) is 11.6. The number of rotatable bonds is 5. The van der Waals surface area contributed by atoms with Crippen molar-refractivity contribution in [3.8, 4) is 5.75 Å². The van der Waals surface area contributed by atoms with Crippen molar-refractivity contribution in [2.24, 2.45) is 17.8 Å². The van der Waals surface area contributed by atoms with Gasteiger partial charge in [-0.25, -0.2) is 4.79 Å². The number of fused-ring (bicyclic) bond motifs is 18. The van der Waals surface area contributed by atoms with Gasteiger partial charge < -0.3 is 36.2 Å². The van der Waals surface area contributed by atoms with E-state index in [-0.39, 0.29) is 35.3 Å². The third-order valence-electron chi connectivity index (χ3n) is 9.86. The first-order valence-corrected chi connectivity index (χ1v) is 20.0. The SMILES string of the molecule is CC(=O)NC(CSC1=C2NC(=O)C=C/C=C\C=C/C(C)C(O)CC(=O)/C(C)=C\CC(O)/C=C\C(C)C(O)C(C)C=C(C)C(=O)c3c(O)c(C)cc(c3C1=O)C2=O)C(=O)O. The maximum atomic E-state index is 14.4. The number of nitrogens with one attached hydrogen (secondary N) is 2. The van der Waals surface area contributed by atoms with Gasteiger partial charge in [-0.05, 0) is 50.0 Å². The van der Waals surface area contributed by atoms with E-state index >= 15 is 0 Å². The molecule has 1 aliphatic carbocycles. The smallest absolute Gasteiger partial charge is 0.327 e. The summed E-state index contributed by atoms with van der Waals surface area (Å²) in [5, 5.41) is 58.0.